The largest absolute Gasteiger partial charge is 0.491 e. The second kappa shape index (κ2) is 7.14. The molecular weight excluding hydrogens is 315 g/mol. The summed E-state index contributed by atoms with van der Waals surface area (Å²) in [5, 5.41) is 18.2. The fourth-order valence-corrected chi connectivity index (χ4v) is 1.70. The van der Waals surface area contributed by atoms with Gasteiger partial charge in [-0.2, -0.15) is 18.3 Å². The molecule has 2 rings (SSSR count). The van der Waals surface area contributed by atoms with E-state index in [9.17, 15) is 23.1 Å². The zero-order chi connectivity index (χ0) is 16.9. The Morgan fingerprint density at radius 3 is 2.83 bits per heavy atom. The van der Waals surface area contributed by atoms with Gasteiger partial charge in [0.2, 0.25) is 0 Å². The van der Waals surface area contributed by atoms with Gasteiger partial charge >= 0.3 is 6.18 Å². The lowest BCUT2D eigenvalue weighted by molar-refractivity contribution is -0.137. The van der Waals surface area contributed by atoms with Crippen LogP contribution in [0.1, 0.15) is 16.1 Å². The number of aliphatic hydroxyl groups is 1. The van der Waals surface area contributed by atoms with E-state index in [1.54, 1.807) is 0 Å². The maximum absolute atomic E-state index is 12.6. The first-order valence-electron chi connectivity index (χ1n) is 6.62. The first-order valence-corrected chi connectivity index (χ1v) is 6.62. The van der Waals surface area contributed by atoms with E-state index in [-0.39, 0.29) is 24.6 Å². The third-order valence-electron chi connectivity index (χ3n) is 2.85. The fraction of sp³-hybridized carbons (Fsp3) is 0.286. The van der Waals surface area contributed by atoms with Crippen LogP contribution in [-0.4, -0.2) is 40.5 Å². The van der Waals surface area contributed by atoms with E-state index in [2.05, 4.69) is 15.5 Å². The van der Waals surface area contributed by atoms with Crippen LogP contribution in [0.5, 0.6) is 5.75 Å². The Morgan fingerprint density at radius 2 is 2.17 bits per heavy atom. The summed E-state index contributed by atoms with van der Waals surface area (Å²) in [5.74, 6) is -0.473. The number of halogens is 3. The minimum Gasteiger partial charge on any atom is -0.491 e. The van der Waals surface area contributed by atoms with Crippen LogP contribution >= 0.6 is 0 Å². The third kappa shape index (κ3) is 4.99. The molecule has 0 radical (unpaired) electrons. The molecule has 1 unspecified atom stereocenters. The van der Waals surface area contributed by atoms with Gasteiger partial charge in [-0.3, -0.25) is 9.89 Å². The molecule has 0 aliphatic rings. The van der Waals surface area contributed by atoms with Crippen LogP contribution in [0.3, 0.4) is 0 Å². The molecule has 1 amide bonds. The molecule has 23 heavy (non-hydrogen) atoms. The quantitative estimate of drug-likeness (QED) is 0.751. The first-order chi connectivity index (χ1) is 10.9. The molecule has 1 aromatic carbocycles. The average molecular weight is 329 g/mol. The number of carbonyl (C=O) groups is 1. The second-order valence-electron chi connectivity index (χ2n) is 4.67. The van der Waals surface area contributed by atoms with Crippen LogP contribution in [-0.2, 0) is 6.18 Å². The molecule has 0 bridgehead atoms. The van der Waals surface area contributed by atoms with Crippen LogP contribution in [0.2, 0.25) is 0 Å². The number of aromatic nitrogens is 2. The van der Waals surface area contributed by atoms with E-state index in [1.165, 1.54) is 24.4 Å². The lowest BCUT2D eigenvalue weighted by atomic mass is 10.2. The van der Waals surface area contributed by atoms with Crippen molar-refractivity contribution in [2.45, 2.75) is 12.3 Å². The minimum atomic E-state index is -4.46. The fourth-order valence-electron chi connectivity index (χ4n) is 1.70. The van der Waals surface area contributed by atoms with E-state index in [1.807, 2.05) is 0 Å². The highest BCUT2D eigenvalue weighted by molar-refractivity contribution is 5.92. The number of nitrogens with zero attached hydrogens (tertiary/aromatic N) is 1. The molecule has 6 nitrogen and oxygen atoms in total. The SMILES string of the molecule is O=C(NCC(O)COc1cccc(C(F)(F)F)c1)c1ccn[nH]1. The van der Waals surface area contributed by atoms with Gasteiger partial charge in [-0.1, -0.05) is 6.07 Å². The van der Waals surface area contributed by atoms with Crippen molar-refractivity contribution >= 4 is 5.91 Å². The van der Waals surface area contributed by atoms with Crippen molar-refractivity contribution in [3.05, 3.63) is 47.8 Å². The van der Waals surface area contributed by atoms with E-state index in [0.717, 1.165) is 12.1 Å². The predicted octanol–water partition coefficient (Wildman–Crippen LogP) is 1.60. The molecule has 2 aromatic rings. The lowest BCUT2D eigenvalue weighted by Crippen LogP contribution is -2.35. The van der Waals surface area contributed by atoms with Gasteiger partial charge in [0.1, 0.15) is 24.2 Å². The lowest BCUT2D eigenvalue weighted by Gasteiger charge is -2.14. The molecule has 0 spiro atoms. The van der Waals surface area contributed by atoms with Crippen molar-refractivity contribution in [2.75, 3.05) is 13.2 Å². The van der Waals surface area contributed by atoms with E-state index < -0.39 is 23.8 Å². The molecule has 0 saturated carbocycles. The highest BCUT2D eigenvalue weighted by Crippen LogP contribution is 2.31. The van der Waals surface area contributed by atoms with Crippen LogP contribution in [0, 0.1) is 0 Å². The van der Waals surface area contributed by atoms with Crippen LogP contribution < -0.4 is 10.1 Å². The molecule has 1 aromatic heterocycles. The summed E-state index contributed by atoms with van der Waals surface area (Å²) in [4.78, 5) is 11.6. The van der Waals surface area contributed by atoms with Crippen molar-refractivity contribution in [1.29, 1.82) is 0 Å². The standard InChI is InChI=1S/C14H14F3N3O3/c15-14(16,17)9-2-1-3-11(6-9)23-8-10(21)7-18-13(22)12-4-5-19-20-12/h1-6,10,21H,7-8H2,(H,18,22)(H,19,20). The number of H-pyrrole nitrogens is 1. The molecule has 9 heteroatoms. The van der Waals surface area contributed by atoms with Gasteiger partial charge in [-0.05, 0) is 24.3 Å². The molecule has 0 aliphatic carbocycles. The zero-order valence-electron chi connectivity index (χ0n) is 11.8. The van der Waals surface area contributed by atoms with Crippen molar-refractivity contribution in [3.63, 3.8) is 0 Å². The number of rotatable bonds is 6. The molecule has 124 valence electrons. The van der Waals surface area contributed by atoms with Gasteiger partial charge in [0.15, 0.2) is 0 Å². The summed E-state index contributed by atoms with van der Waals surface area (Å²) in [7, 11) is 0. The van der Waals surface area contributed by atoms with Crippen molar-refractivity contribution in [1.82, 2.24) is 15.5 Å². The predicted molar refractivity (Wildman–Crippen MR) is 73.9 cm³/mol. The molecular formula is C14H14F3N3O3. The number of nitrogens with one attached hydrogen (secondary N) is 2. The third-order valence-corrected chi connectivity index (χ3v) is 2.85. The minimum absolute atomic E-state index is 0.0150. The number of amides is 1. The molecule has 0 aliphatic heterocycles. The van der Waals surface area contributed by atoms with Crippen molar-refractivity contribution in [2.24, 2.45) is 0 Å². The number of ether oxygens (including phenoxy) is 1. The zero-order valence-corrected chi connectivity index (χ0v) is 11.8. The van der Waals surface area contributed by atoms with E-state index in [0.29, 0.717) is 0 Å². The summed E-state index contributed by atoms with van der Waals surface area (Å²) < 4.78 is 42.8. The maximum Gasteiger partial charge on any atom is 0.416 e. The second-order valence-corrected chi connectivity index (χ2v) is 4.67. The van der Waals surface area contributed by atoms with E-state index in [4.69, 9.17) is 4.74 Å². The maximum atomic E-state index is 12.6. The number of hydrogen-bond acceptors (Lipinski definition) is 4. The Balaban J connectivity index is 1.80. The Labute approximate surface area is 129 Å². The van der Waals surface area contributed by atoms with Crippen LogP contribution in [0.15, 0.2) is 36.5 Å². The van der Waals surface area contributed by atoms with Gasteiger partial charge in [0.25, 0.3) is 5.91 Å². The summed E-state index contributed by atoms with van der Waals surface area (Å²) in [6.07, 6.45) is -4.13. The summed E-state index contributed by atoms with van der Waals surface area (Å²) in [5.41, 5.74) is -0.604. The van der Waals surface area contributed by atoms with Crippen LogP contribution in [0.25, 0.3) is 0 Å². The van der Waals surface area contributed by atoms with Crippen molar-refractivity contribution < 1.29 is 27.8 Å². The summed E-state index contributed by atoms with van der Waals surface area (Å²) in [6.45, 7) is -0.374. The highest BCUT2D eigenvalue weighted by Gasteiger charge is 2.30. The number of aromatic amines is 1. The number of carbonyl (C=O) groups excluding carboxylic acids is 1. The van der Waals surface area contributed by atoms with Gasteiger partial charge in [0.05, 0.1) is 5.56 Å². The Hall–Kier alpha value is -2.55. The Bertz CT molecular complexity index is 644. The molecule has 0 fully saturated rings. The Morgan fingerprint density at radius 1 is 1.39 bits per heavy atom. The van der Waals surface area contributed by atoms with Gasteiger partial charge < -0.3 is 15.2 Å². The smallest absolute Gasteiger partial charge is 0.416 e. The molecule has 0 saturated heterocycles. The van der Waals surface area contributed by atoms with Gasteiger partial charge in [-0.25, -0.2) is 0 Å². The summed E-state index contributed by atoms with van der Waals surface area (Å²) in [6, 6.07) is 5.79. The van der Waals surface area contributed by atoms with Gasteiger partial charge in [-0.15, -0.1) is 0 Å². The van der Waals surface area contributed by atoms with Gasteiger partial charge in [0, 0.05) is 12.7 Å². The highest BCUT2D eigenvalue weighted by atomic mass is 19.4. The Kier molecular flexibility index (Phi) is 5.22. The topological polar surface area (TPSA) is 87.2 Å². The molecule has 1 atom stereocenters. The number of hydrogen-bond donors (Lipinski definition) is 3. The van der Waals surface area contributed by atoms with Crippen molar-refractivity contribution in [3.8, 4) is 5.75 Å². The number of alkyl halides is 3. The monoisotopic (exact) mass is 329 g/mol. The number of benzene rings is 1. The first kappa shape index (κ1) is 16.8. The van der Waals surface area contributed by atoms with Crippen LogP contribution in [0.4, 0.5) is 13.2 Å². The normalized spacial score (nSPS) is 12.7. The number of aliphatic hydroxyl groups excluding tert-OH is 1. The summed E-state index contributed by atoms with van der Waals surface area (Å²) >= 11 is 0. The van der Waals surface area contributed by atoms with E-state index >= 15 is 0 Å². The molecule has 3 N–H and O–H groups in total. The average Bonchev–Trinajstić information content (AvgIpc) is 3.04. The molecule has 1 heterocycles.